The van der Waals surface area contributed by atoms with E-state index in [-0.39, 0.29) is 12.2 Å². The van der Waals surface area contributed by atoms with Crippen molar-refractivity contribution >= 4 is 11.8 Å². The topological polar surface area (TPSA) is 80.4 Å². The normalized spacial score (nSPS) is 14.0. The molecule has 0 aromatic carbocycles. The molecule has 0 radical (unpaired) electrons. The molecule has 70 valence electrons. The van der Waals surface area contributed by atoms with Gasteiger partial charge < -0.3 is 10.8 Å². The molecule has 0 heterocycles. The highest BCUT2D eigenvalue weighted by Gasteiger charge is 2.28. The van der Waals surface area contributed by atoms with Gasteiger partial charge in [-0.15, -0.1) is 0 Å². The van der Waals surface area contributed by atoms with Gasteiger partial charge in [0.2, 0.25) is 0 Å². The Balaban J connectivity index is 4.21. The van der Waals surface area contributed by atoms with Gasteiger partial charge in [-0.25, -0.2) is 0 Å². The van der Waals surface area contributed by atoms with E-state index in [0.717, 1.165) is 0 Å². The minimum Gasteiger partial charge on any atom is -0.481 e. The number of carboxylic acids is 1. The molecule has 1 atom stereocenters. The summed E-state index contributed by atoms with van der Waals surface area (Å²) in [5.74, 6) is -1.26. The smallest absolute Gasteiger partial charge is 0.305 e. The minimum atomic E-state index is -1.04. The van der Waals surface area contributed by atoms with Gasteiger partial charge in [0.25, 0.3) is 0 Å². The molecule has 0 aromatic heterocycles. The van der Waals surface area contributed by atoms with Crippen LogP contribution < -0.4 is 5.73 Å². The number of Topliss-reactive ketones (excluding diaryl/α,β-unsaturated/α-hetero) is 1. The standard InChI is InChI=1S/C8H15NO3/c1-8(2,3)7(12)5(9)4-6(10)11/h5H,4,9H2,1-3H3,(H,10,11)/t5-/m0/s1. The summed E-state index contributed by atoms with van der Waals surface area (Å²) in [6.07, 6.45) is -0.296. The maximum absolute atomic E-state index is 11.3. The fraction of sp³-hybridized carbons (Fsp3) is 0.750. The zero-order valence-corrected chi connectivity index (χ0v) is 7.63. The second-order valence-electron chi connectivity index (χ2n) is 3.82. The van der Waals surface area contributed by atoms with Crippen molar-refractivity contribution in [3.8, 4) is 0 Å². The largest absolute Gasteiger partial charge is 0.481 e. The first-order chi connectivity index (χ1) is 5.25. The molecule has 4 heteroatoms. The molecule has 12 heavy (non-hydrogen) atoms. The summed E-state index contributed by atoms with van der Waals surface area (Å²) in [6.45, 7) is 5.16. The van der Waals surface area contributed by atoms with Crippen molar-refractivity contribution in [3.63, 3.8) is 0 Å². The second kappa shape index (κ2) is 3.67. The molecule has 0 aromatic rings. The van der Waals surface area contributed by atoms with Gasteiger partial charge in [0, 0.05) is 5.41 Å². The van der Waals surface area contributed by atoms with Crippen LogP contribution in [0.4, 0.5) is 0 Å². The number of hydrogen-bond donors (Lipinski definition) is 2. The molecule has 0 fully saturated rings. The summed E-state index contributed by atoms with van der Waals surface area (Å²) in [5.41, 5.74) is 4.81. The highest BCUT2D eigenvalue weighted by molar-refractivity contribution is 5.91. The van der Waals surface area contributed by atoms with Crippen LogP contribution in [0.15, 0.2) is 0 Å². The van der Waals surface area contributed by atoms with Crippen molar-refractivity contribution in [2.45, 2.75) is 33.2 Å². The number of nitrogens with two attached hydrogens (primary N) is 1. The van der Waals surface area contributed by atoms with Crippen molar-refractivity contribution in [3.05, 3.63) is 0 Å². The second-order valence-corrected chi connectivity index (χ2v) is 3.82. The van der Waals surface area contributed by atoms with Crippen molar-refractivity contribution in [2.24, 2.45) is 11.1 Å². The summed E-state index contributed by atoms with van der Waals surface area (Å²) in [6, 6.07) is -0.887. The summed E-state index contributed by atoms with van der Waals surface area (Å²) >= 11 is 0. The van der Waals surface area contributed by atoms with Crippen LogP contribution in [0.2, 0.25) is 0 Å². The molecule has 3 N–H and O–H groups in total. The van der Waals surface area contributed by atoms with Crippen LogP contribution in [0.25, 0.3) is 0 Å². The average Bonchev–Trinajstić information content (AvgIpc) is 1.82. The Labute approximate surface area is 71.8 Å². The SMILES string of the molecule is CC(C)(C)C(=O)[C@@H](N)CC(=O)O. The van der Waals surface area contributed by atoms with E-state index < -0.39 is 17.4 Å². The van der Waals surface area contributed by atoms with Gasteiger partial charge in [0.1, 0.15) is 0 Å². The third-order valence-electron chi connectivity index (χ3n) is 1.47. The Bertz CT molecular complexity index is 193. The highest BCUT2D eigenvalue weighted by Crippen LogP contribution is 2.16. The monoisotopic (exact) mass is 173 g/mol. The predicted molar refractivity (Wildman–Crippen MR) is 44.7 cm³/mol. The molecule has 0 unspecified atom stereocenters. The maximum Gasteiger partial charge on any atom is 0.305 e. The van der Waals surface area contributed by atoms with Gasteiger partial charge in [-0.05, 0) is 0 Å². The molecule has 0 aliphatic rings. The zero-order chi connectivity index (χ0) is 9.94. The lowest BCUT2D eigenvalue weighted by molar-refractivity contribution is -0.140. The lowest BCUT2D eigenvalue weighted by Gasteiger charge is -2.20. The molecule has 0 spiro atoms. The van der Waals surface area contributed by atoms with E-state index in [1.54, 1.807) is 20.8 Å². The van der Waals surface area contributed by atoms with Crippen LogP contribution in [0.3, 0.4) is 0 Å². The van der Waals surface area contributed by atoms with Crippen LogP contribution in [-0.4, -0.2) is 22.9 Å². The van der Waals surface area contributed by atoms with Crippen LogP contribution >= 0.6 is 0 Å². The Hall–Kier alpha value is -0.900. The Kier molecular flexibility index (Phi) is 3.39. The molecule has 0 saturated carbocycles. The summed E-state index contributed by atoms with van der Waals surface area (Å²) < 4.78 is 0. The van der Waals surface area contributed by atoms with E-state index in [4.69, 9.17) is 10.8 Å². The van der Waals surface area contributed by atoms with Gasteiger partial charge in [-0.2, -0.15) is 0 Å². The first kappa shape index (κ1) is 11.1. The number of hydrogen-bond acceptors (Lipinski definition) is 3. The Morgan fingerprint density at radius 2 is 1.83 bits per heavy atom. The van der Waals surface area contributed by atoms with Crippen molar-refractivity contribution in [1.29, 1.82) is 0 Å². The molecule has 0 aliphatic heterocycles. The van der Waals surface area contributed by atoms with Crippen LogP contribution in [0.1, 0.15) is 27.2 Å². The van der Waals surface area contributed by atoms with Crippen LogP contribution in [0.5, 0.6) is 0 Å². The predicted octanol–water partition coefficient (Wildman–Crippen LogP) is 0.404. The van der Waals surface area contributed by atoms with Crippen molar-refractivity contribution in [2.75, 3.05) is 0 Å². The number of rotatable bonds is 3. The fourth-order valence-corrected chi connectivity index (χ4v) is 0.837. The first-order valence-corrected chi connectivity index (χ1v) is 3.77. The van der Waals surface area contributed by atoms with Gasteiger partial charge >= 0.3 is 5.97 Å². The lowest BCUT2D eigenvalue weighted by Crippen LogP contribution is -2.40. The highest BCUT2D eigenvalue weighted by atomic mass is 16.4. The quantitative estimate of drug-likeness (QED) is 0.647. The van der Waals surface area contributed by atoms with Gasteiger partial charge in [-0.1, -0.05) is 20.8 Å². The van der Waals surface area contributed by atoms with Crippen LogP contribution in [0, 0.1) is 5.41 Å². The van der Waals surface area contributed by atoms with E-state index in [1.807, 2.05) is 0 Å². The van der Waals surface area contributed by atoms with E-state index in [1.165, 1.54) is 0 Å². The number of carboxylic acid groups (broad SMARTS) is 1. The maximum atomic E-state index is 11.3. The molecule has 0 amide bonds. The zero-order valence-electron chi connectivity index (χ0n) is 7.63. The molecular weight excluding hydrogens is 158 g/mol. The summed E-state index contributed by atoms with van der Waals surface area (Å²) in [4.78, 5) is 21.5. The molecule has 4 nitrogen and oxygen atoms in total. The van der Waals surface area contributed by atoms with Gasteiger partial charge in [-0.3, -0.25) is 9.59 Å². The van der Waals surface area contributed by atoms with E-state index in [9.17, 15) is 9.59 Å². The Morgan fingerprint density at radius 3 is 2.08 bits per heavy atom. The number of carbonyl (C=O) groups is 2. The average molecular weight is 173 g/mol. The minimum absolute atomic E-state index is 0.218. The third kappa shape index (κ3) is 3.48. The molecule has 0 rings (SSSR count). The number of aliphatic carboxylic acids is 1. The van der Waals surface area contributed by atoms with Gasteiger partial charge in [0.15, 0.2) is 5.78 Å². The third-order valence-corrected chi connectivity index (χ3v) is 1.47. The Morgan fingerprint density at radius 1 is 1.42 bits per heavy atom. The first-order valence-electron chi connectivity index (χ1n) is 3.77. The summed E-state index contributed by atoms with van der Waals surface area (Å²) in [5, 5.41) is 8.37. The van der Waals surface area contributed by atoms with Crippen molar-refractivity contribution in [1.82, 2.24) is 0 Å². The fourth-order valence-electron chi connectivity index (χ4n) is 0.837. The van der Waals surface area contributed by atoms with E-state index >= 15 is 0 Å². The van der Waals surface area contributed by atoms with Gasteiger partial charge in [0.05, 0.1) is 12.5 Å². The molecular formula is C8H15NO3. The summed E-state index contributed by atoms with van der Waals surface area (Å²) in [7, 11) is 0. The lowest BCUT2D eigenvalue weighted by atomic mass is 9.86. The number of ketones is 1. The molecule has 0 aliphatic carbocycles. The van der Waals surface area contributed by atoms with Crippen molar-refractivity contribution < 1.29 is 14.7 Å². The van der Waals surface area contributed by atoms with E-state index in [0.29, 0.717) is 0 Å². The number of carbonyl (C=O) groups excluding carboxylic acids is 1. The molecule has 0 bridgehead atoms. The van der Waals surface area contributed by atoms with E-state index in [2.05, 4.69) is 0 Å². The molecule has 0 saturated heterocycles. The van der Waals surface area contributed by atoms with Crippen LogP contribution in [-0.2, 0) is 9.59 Å².